The van der Waals surface area contributed by atoms with Gasteiger partial charge in [0.2, 0.25) is 0 Å². The number of halogens is 2. The van der Waals surface area contributed by atoms with Crippen LogP contribution in [-0.4, -0.2) is 0 Å². The summed E-state index contributed by atoms with van der Waals surface area (Å²) in [6.45, 7) is 0. The van der Waals surface area contributed by atoms with Crippen molar-refractivity contribution in [1.82, 2.24) is 0 Å². The molecule has 0 unspecified atom stereocenters. The molecule has 2 N–H and O–H groups in total. The largest absolute Gasteiger partial charge is 0.323 e. The molecule has 0 aliphatic carbocycles. The fraction of sp³-hybridized carbons (Fsp3) is 0.222. The second-order valence-electron chi connectivity index (χ2n) is 2.63. The Balaban J connectivity index is 3.00. The highest BCUT2D eigenvalue weighted by Crippen LogP contribution is 2.26. The lowest BCUT2D eigenvalue weighted by Crippen LogP contribution is -2.09. The summed E-state index contributed by atoms with van der Waals surface area (Å²) in [6, 6.07) is 7.12. The SMILES string of the molecule is N#CC[C@@H](N)c1cc(Cl)ccc1Br. The third kappa shape index (κ3) is 2.70. The molecule has 1 rings (SSSR count). The molecule has 0 fully saturated rings. The number of hydrogen-bond acceptors (Lipinski definition) is 2. The first kappa shape index (κ1) is 10.5. The lowest BCUT2D eigenvalue weighted by atomic mass is 10.1. The molecule has 0 radical (unpaired) electrons. The molecule has 0 saturated carbocycles. The van der Waals surface area contributed by atoms with Crippen LogP contribution in [0.25, 0.3) is 0 Å². The summed E-state index contributed by atoms with van der Waals surface area (Å²) in [5, 5.41) is 9.11. The van der Waals surface area contributed by atoms with Crippen LogP contribution < -0.4 is 5.73 Å². The standard InChI is InChI=1S/C9H8BrClN2/c10-8-2-1-6(11)5-7(8)9(13)3-4-12/h1-2,5,9H,3,13H2/t9-/m1/s1. The first-order chi connectivity index (χ1) is 6.15. The van der Waals surface area contributed by atoms with Gasteiger partial charge in [-0.1, -0.05) is 27.5 Å². The molecule has 68 valence electrons. The van der Waals surface area contributed by atoms with Crippen molar-refractivity contribution in [1.29, 1.82) is 5.26 Å². The highest BCUT2D eigenvalue weighted by molar-refractivity contribution is 9.10. The van der Waals surface area contributed by atoms with E-state index in [1.54, 1.807) is 12.1 Å². The maximum Gasteiger partial charge on any atom is 0.0641 e. The zero-order valence-electron chi connectivity index (χ0n) is 6.80. The van der Waals surface area contributed by atoms with Gasteiger partial charge < -0.3 is 5.73 Å². The summed E-state index contributed by atoms with van der Waals surface area (Å²) >= 11 is 9.15. The number of benzene rings is 1. The van der Waals surface area contributed by atoms with Crippen LogP contribution in [0.15, 0.2) is 22.7 Å². The Morgan fingerprint density at radius 2 is 2.31 bits per heavy atom. The van der Waals surface area contributed by atoms with Gasteiger partial charge in [-0.2, -0.15) is 5.26 Å². The van der Waals surface area contributed by atoms with E-state index in [0.29, 0.717) is 11.4 Å². The Kier molecular flexibility index (Phi) is 3.73. The third-order valence-corrected chi connectivity index (χ3v) is 2.63. The van der Waals surface area contributed by atoms with E-state index in [9.17, 15) is 0 Å². The van der Waals surface area contributed by atoms with E-state index in [1.165, 1.54) is 0 Å². The minimum atomic E-state index is -0.280. The molecule has 1 aromatic carbocycles. The Bertz CT molecular complexity index is 346. The molecular weight excluding hydrogens is 251 g/mol. The van der Waals surface area contributed by atoms with Gasteiger partial charge in [-0.3, -0.25) is 0 Å². The minimum absolute atomic E-state index is 0.280. The predicted octanol–water partition coefficient (Wildman–Crippen LogP) is 3.02. The third-order valence-electron chi connectivity index (χ3n) is 1.67. The number of nitrogens with zero attached hydrogens (tertiary/aromatic N) is 1. The molecule has 0 amide bonds. The van der Waals surface area contributed by atoms with Crippen molar-refractivity contribution in [2.45, 2.75) is 12.5 Å². The minimum Gasteiger partial charge on any atom is -0.323 e. The Hall–Kier alpha value is -0.560. The molecule has 0 aromatic heterocycles. The van der Waals surface area contributed by atoms with Gasteiger partial charge in [0.05, 0.1) is 12.5 Å². The highest BCUT2D eigenvalue weighted by atomic mass is 79.9. The molecule has 0 aliphatic heterocycles. The van der Waals surface area contributed by atoms with E-state index in [-0.39, 0.29) is 6.04 Å². The summed E-state index contributed by atoms with van der Waals surface area (Å²) in [4.78, 5) is 0. The van der Waals surface area contributed by atoms with Gasteiger partial charge in [0.15, 0.2) is 0 Å². The van der Waals surface area contributed by atoms with Gasteiger partial charge in [0.25, 0.3) is 0 Å². The molecule has 0 bridgehead atoms. The average molecular weight is 260 g/mol. The topological polar surface area (TPSA) is 49.8 Å². The molecule has 13 heavy (non-hydrogen) atoms. The second-order valence-corrected chi connectivity index (χ2v) is 3.93. The Morgan fingerprint density at radius 3 is 2.92 bits per heavy atom. The molecule has 1 aromatic rings. The summed E-state index contributed by atoms with van der Waals surface area (Å²) in [5.74, 6) is 0. The van der Waals surface area contributed by atoms with Gasteiger partial charge in [0, 0.05) is 15.5 Å². The number of hydrogen-bond donors (Lipinski definition) is 1. The van der Waals surface area contributed by atoms with E-state index in [4.69, 9.17) is 22.6 Å². The zero-order valence-corrected chi connectivity index (χ0v) is 9.14. The van der Waals surface area contributed by atoms with E-state index in [2.05, 4.69) is 15.9 Å². The van der Waals surface area contributed by atoms with Gasteiger partial charge in [0.1, 0.15) is 0 Å². The Labute approximate surface area is 90.4 Å². The molecule has 2 nitrogen and oxygen atoms in total. The molecule has 0 spiro atoms. The van der Waals surface area contributed by atoms with Crippen LogP contribution >= 0.6 is 27.5 Å². The van der Waals surface area contributed by atoms with Gasteiger partial charge in [-0.05, 0) is 23.8 Å². The summed E-state index contributed by atoms with van der Waals surface area (Å²) in [7, 11) is 0. The molecular formula is C9H8BrClN2. The van der Waals surface area contributed by atoms with Crippen LogP contribution in [0, 0.1) is 11.3 Å². The van der Waals surface area contributed by atoms with E-state index < -0.39 is 0 Å². The lowest BCUT2D eigenvalue weighted by Gasteiger charge is -2.10. The number of nitrogens with two attached hydrogens (primary N) is 1. The molecule has 0 saturated heterocycles. The van der Waals surface area contributed by atoms with E-state index in [1.807, 2.05) is 12.1 Å². The van der Waals surface area contributed by atoms with Crippen LogP contribution in [-0.2, 0) is 0 Å². The molecule has 4 heteroatoms. The van der Waals surface area contributed by atoms with E-state index in [0.717, 1.165) is 10.0 Å². The lowest BCUT2D eigenvalue weighted by molar-refractivity contribution is 0.745. The quantitative estimate of drug-likeness (QED) is 0.887. The molecule has 1 atom stereocenters. The smallest absolute Gasteiger partial charge is 0.0641 e. The monoisotopic (exact) mass is 258 g/mol. The first-order valence-corrected chi connectivity index (χ1v) is 4.89. The maximum atomic E-state index is 8.48. The fourth-order valence-corrected chi connectivity index (χ4v) is 1.73. The van der Waals surface area contributed by atoms with Crippen LogP contribution in [0.3, 0.4) is 0 Å². The fourth-order valence-electron chi connectivity index (χ4n) is 1.01. The van der Waals surface area contributed by atoms with Crippen molar-refractivity contribution in [3.05, 3.63) is 33.3 Å². The Morgan fingerprint density at radius 1 is 1.62 bits per heavy atom. The van der Waals surface area contributed by atoms with Crippen molar-refractivity contribution in [3.63, 3.8) is 0 Å². The van der Waals surface area contributed by atoms with E-state index >= 15 is 0 Å². The van der Waals surface area contributed by atoms with Crippen molar-refractivity contribution >= 4 is 27.5 Å². The van der Waals surface area contributed by atoms with Crippen LogP contribution in [0.1, 0.15) is 18.0 Å². The highest BCUT2D eigenvalue weighted by Gasteiger charge is 2.09. The average Bonchev–Trinajstić information content (AvgIpc) is 2.09. The second kappa shape index (κ2) is 4.61. The van der Waals surface area contributed by atoms with Gasteiger partial charge in [-0.25, -0.2) is 0 Å². The molecule has 0 heterocycles. The van der Waals surface area contributed by atoms with Crippen LogP contribution in [0.2, 0.25) is 5.02 Å². The predicted molar refractivity (Wildman–Crippen MR) is 56.3 cm³/mol. The maximum absolute atomic E-state index is 8.48. The molecule has 0 aliphatic rings. The summed E-state index contributed by atoms with van der Waals surface area (Å²) < 4.78 is 0.889. The zero-order chi connectivity index (χ0) is 9.84. The van der Waals surface area contributed by atoms with Gasteiger partial charge >= 0.3 is 0 Å². The van der Waals surface area contributed by atoms with Gasteiger partial charge in [-0.15, -0.1) is 0 Å². The number of rotatable bonds is 2. The summed E-state index contributed by atoms with van der Waals surface area (Å²) in [6.07, 6.45) is 0.291. The van der Waals surface area contributed by atoms with Crippen molar-refractivity contribution in [3.8, 4) is 6.07 Å². The van der Waals surface area contributed by atoms with Crippen molar-refractivity contribution < 1.29 is 0 Å². The van der Waals surface area contributed by atoms with Crippen LogP contribution in [0.5, 0.6) is 0 Å². The van der Waals surface area contributed by atoms with Crippen LogP contribution in [0.4, 0.5) is 0 Å². The first-order valence-electron chi connectivity index (χ1n) is 3.72. The summed E-state index contributed by atoms with van der Waals surface area (Å²) in [5.41, 5.74) is 6.63. The van der Waals surface area contributed by atoms with Crippen molar-refractivity contribution in [2.24, 2.45) is 5.73 Å². The van der Waals surface area contributed by atoms with Crippen molar-refractivity contribution in [2.75, 3.05) is 0 Å². The number of nitriles is 1. The normalized spacial score (nSPS) is 12.2.